The van der Waals surface area contributed by atoms with Crippen LogP contribution in [0.1, 0.15) is 39.3 Å². The molecule has 0 aromatic carbocycles. The number of rotatable bonds is 5. The van der Waals surface area contributed by atoms with Crippen molar-refractivity contribution in [1.29, 1.82) is 0 Å². The van der Waals surface area contributed by atoms with Crippen LogP contribution in [-0.2, 0) is 6.54 Å². The lowest BCUT2D eigenvalue weighted by Crippen LogP contribution is -2.42. The normalized spacial score (nSPS) is 12.5. The molecule has 2 aromatic heterocycles. The monoisotopic (exact) mass is 262 g/mol. The number of pyridine rings is 1. The first-order chi connectivity index (χ1) is 8.93. The van der Waals surface area contributed by atoms with E-state index in [-0.39, 0.29) is 12.1 Å². The molecule has 2 aromatic rings. The Morgan fingerprint density at radius 1 is 1.37 bits per heavy atom. The highest BCUT2D eigenvalue weighted by Crippen LogP contribution is 2.17. The minimum Gasteiger partial charge on any atom is -0.394 e. The van der Waals surface area contributed by atoms with Crippen LogP contribution in [0.4, 0.5) is 0 Å². The third-order valence-corrected chi connectivity index (χ3v) is 3.15. The van der Waals surface area contributed by atoms with Crippen molar-refractivity contribution in [2.45, 2.75) is 45.8 Å². The molecule has 19 heavy (non-hydrogen) atoms. The van der Waals surface area contributed by atoms with Gasteiger partial charge < -0.3 is 10.4 Å². The van der Waals surface area contributed by atoms with Gasteiger partial charge in [0.25, 0.3) is 0 Å². The maximum Gasteiger partial charge on any atom is 0.157 e. The predicted molar refractivity (Wildman–Crippen MR) is 75.9 cm³/mol. The first kappa shape index (κ1) is 14.0. The fraction of sp³-hybridized carbons (Fsp3) is 0.571. The molecule has 0 spiro atoms. The lowest BCUT2D eigenvalue weighted by molar-refractivity contribution is 0.187. The van der Waals surface area contributed by atoms with E-state index in [0.717, 1.165) is 16.6 Å². The summed E-state index contributed by atoms with van der Waals surface area (Å²) < 4.78 is 1.92. The summed E-state index contributed by atoms with van der Waals surface area (Å²) in [5, 5.41) is 17.9. The number of fused-ring (bicyclic) bond motifs is 1. The van der Waals surface area contributed by atoms with Gasteiger partial charge in [0, 0.05) is 29.7 Å². The van der Waals surface area contributed by atoms with Crippen molar-refractivity contribution >= 4 is 11.0 Å². The summed E-state index contributed by atoms with van der Waals surface area (Å²) in [5.41, 5.74) is 1.73. The highest BCUT2D eigenvalue weighted by molar-refractivity contribution is 5.75. The van der Waals surface area contributed by atoms with Crippen LogP contribution in [-0.4, -0.2) is 32.0 Å². The molecule has 0 amide bonds. The van der Waals surface area contributed by atoms with E-state index in [0.29, 0.717) is 12.6 Å². The number of nitrogens with zero attached hydrogens (tertiary/aromatic N) is 3. The topological polar surface area (TPSA) is 63.0 Å². The van der Waals surface area contributed by atoms with Crippen molar-refractivity contribution in [3.05, 3.63) is 24.0 Å². The van der Waals surface area contributed by atoms with E-state index in [1.54, 1.807) is 0 Å². The Bertz CT molecular complexity index is 560. The number of hydrogen-bond donors (Lipinski definition) is 2. The average Bonchev–Trinajstić information content (AvgIpc) is 2.79. The van der Waals surface area contributed by atoms with Crippen molar-refractivity contribution < 1.29 is 5.11 Å². The lowest BCUT2D eigenvalue weighted by atomic mass is 10.1. The van der Waals surface area contributed by atoms with Gasteiger partial charge in [0.15, 0.2) is 5.65 Å². The maximum absolute atomic E-state index is 9.22. The molecule has 0 aliphatic carbocycles. The molecule has 2 heterocycles. The lowest BCUT2D eigenvalue weighted by Gasteiger charge is -2.23. The van der Waals surface area contributed by atoms with Crippen LogP contribution in [0.3, 0.4) is 0 Å². The minimum absolute atomic E-state index is 0.105. The second-order valence-electron chi connectivity index (χ2n) is 5.83. The van der Waals surface area contributed by atoms with E-state index in [2.05, 4.69) is 35.3 Å². The van der Waals surface area contributed by atoms with E-state index < -0.39 is 0 Å². The summed E-state index contributed by atoms with van der Waals surface area (Å²) in [7, 11) is 0. The second kappa shape index (κ2) is 5.27. The zero-order chi connectivity index (χ0) is 14.0. The van der Waals surface area contributed by atoms with Crippen LogP contribution in [0, 0.1) is 0 Å². The SMILES string of the molecule is CC(C)n1ncc2cc(CNC(C)(C)CO)cnc21. The van der Waals surface area contributed by atoms with E-state index in [1.165, 1.54) is 0 Å². The van der Waals surface area contributed by atoms with Gasteiger partial charge in [0.2, 0.25) is 0 Å². The molecule has 0 atom stereocenters. The molecule has 0 saturated heterocycles. The Kier molecular flexibility index (Phi) is 3.87. The van der Waals surface area contributed by atoms with E-state index in [9.17, 15) is 5.11 Å². The highest BCUT2D eigenvalue weighted by atomic mass is 16.3. The quantitative estimate of drug-likeness (QED) is 0.863. The summed E-state index contributed by atoms with van der Waals surface area (Å²) in [6.45, 7) is 8.91. The molecule has 2 rings (SSSR count). The molecule has 0 bridgehead atoms. The Hall–Kier alpha value is -1.46. The molecule has 5 heteroatoms. The van der Waals surface area contributed by atoms with Gasteiger partial charge in [-0.3, -0.25) is 0 Å². The zero-order valence-corrected chi connectivity index (χ0v) is 12.0. The van der Waals surface area contributed by atoms with Crippen LogP contribution >= 0.6 is 0 Å². The zero-order valence-electron chi connectivity index (χ0n) is 12.0. The largest absolute Gasteiger partial charge is 0.394 e. The van der Waals surface area contributed by atoms with Gasteiger partial charge in [-0.1, -0.05) is 0 Å². The molecule has 0 saturated carbocycles. The van der Waals surface area contributed by atoms with Crippen LogP contribution < -0.4 is 5.32 Å². The first-order valence-electron chi connectivity index (χ1n) is 6.61. The van der Waals surface area contributed by atoms with Crippen molar-refractivity contribution in [2.24, 2.45) is 0 Å². The number of aliphatic hydroxyl groups excluding tert-OH is 1. The molecule has 0 aliphatic rings. The van der Waals surface area contributed by atoms with Crippen molar-refractivity contribution in [1.82, 2.24) is 20.1 Å². The molecular weight excluding hydrogens is 240 g/mol. The fourth-order valence-electron chi connectivity index (χ4n) is 1.86. The third-order valence-electron chi connectivity index (χ3n) is 3.15. The molecule has 0 aliphatic heterocycles. The van der Waals surface area contributed by atoms with Gasteiger partial charge in [0.1, 0.15) is 0 Å². The van der Waals surface area contributed by atoms with E-state index >= 15 is 0 Å². The number of aromatic nitrogens is 3. The van der Waals surface area contributed by atoms with Crippen molar-refractivity contribution in [3.8, 4) is 0 Å². The molecule has 5 nitrogen and oxygen atoms in total. The molecule has 104 valence electrons. The van der Waals surface area contributed by atoms with Gasteiger partial charge in [-0.25, -0.2) is 9.67 Å². The standard InChI is InChI=1S/C14H22N4O/c1-10(2)18-13-12(8-17-18)5-11(6-15-13)7-16-14(3,4)9-19/h5-6,8,10,16,19H,7,9H2,1-4H3. The molecule has 0 fully saturated rings. The minimum atomic E-state index is -0.281. The van der Waals surface area contributed by atoms with Gasteiger partial charge in [-0.2, -0.15) is 5.10 Å². The number of hydrogen-bond acceptors (Lipinski definition) is 4. The Morgan fingerprint density at radius 3 is 2.74 bits per heavy atom. The van der Waals surface area contributed by atoms with Gasteiger partial charge in [-0.05, 0) is 39.3 Å². The maximum atomic E-state index is 9.22. The Morgan fingerprint density at radius 2 is 2.11 bits per heavy atom. The summed E-state index contributed by atoms with van der Waals surface area (Å²) in [6, 6.07) is 2.40. The Balaban J connectivity index is 2.19. The third kappa shape index (κ3) is 3.11. The fourth-order valence-corrected chi connectivity index (χ4v) is 1.86. The molecular formula is C14H22N4O. The van der Waals surface area contributed by atoms with Gasteiger partial charge >= 0.3 is 0 Å². The molecule has 0 unspecified atom stereocenters. The molecule has 2 N–H and O–H groups in total. The summed E-state index contributed by atoms with van der Waals surface area (Å²) in [6.07, 6.45) is 3.71. The van der Waals surface area contributed by atoms with Crippen molar-refractivity contribution in [2.75, 3.05) is 6.61 Å². The van der Waals surface area contributed by atoms with Crippen molar-refractivity contribution in [3.63, 3.8) is 0 Å². The molecule has 0 radical (unpaired) electrons. The summed E-state index contributed by atoms with van der Waals surface area (Å²) >= 11 is 0. The summed E-state index contributed by atoms with van der Waals surface area (Å²) in [4.78, 5) is 4.49. The van der Waals surface area contributed by atoms with Crippen LogP contribution in [0.5, 0.6) is 0 Å². The second-order valence-corrected chi connectivity index (χ2v) is 5.83. The van der Waals surface area contributed by atoms with Gasteiger partial charge in [0.05, 0.1) is 12.8 Å². The summed E-state index contributed by atoms with van der Waals surface area (Å²) in [5.74, 6) is 0. The average molecular weight is 262 g/mol. The van der Waals surface area contributed by atoms with Crippen LogP contribution in [0.2, 0.25) is 0 Å². The van der Waals surface area contributed by atoms with E-state index in [4.69, 9.17) is 0 Å². The van der Waals surface area contributed by atoms with Crippen LogP contribution in [0.15, 0.2) is 18.5 Å². The van der Waals surface area contributed by atoms with Crippen LogP contribution in [0.25, 0.3) is 11.0 Å². The predicted octanol–water partition coefficient (Wildman–Crippen LogP) is 1.87. The van der Waals surface area contributed by atoms with Gasteiger partial charge in [-0.15, -0.1) is 0 Å². The highest BCUT2D eigenvalue weighted by Gasteiger charge is 2.15. The number of aliphatic hydroxyl groups is 1. The first-order valence-corrected chi connectivity index (χ1v) is 6.61. The Labute approximate surface area is 113 Å². The van der Waals surface area contributed by atoms with E-state index in [1.807, 2.05) is 30.9 Å². The smallest absolute Gasteiger partial charge is 0.157 e. The number of nitrogens with one attached hydrogen (secondary N) is 1.